The van der Waals surface area contributed by atoms with Crippen molar-refractivity contribution in [1.29, 1.82) is 5.26 Å². The van der Waals surface area contributed by atoms with Gasteiger partial charge in [0, 0.05) is 25.1 Å². The van der Waals surface area contributed by atoms with Gasteiger partial charge in [0.2, 0.25) is 15.9 Å². The van der Waals surface area contributed by atoms with E-state index in [2.05, 4.69) is 4.72 Å². The van der Waals surface area contributed by atoms with E-state index in [0.29, 0.717) is 36.8 Å². The summed E-state index contributed by atoms with van der Waals surface area (Å²) in [6.45, 7) is 1.31. The Balaban J connectivity index is 1.90. The van der Waals surface area contributed by atoms with Crippen molar-refractivity contribution in [2.75, 3.05) is 39.6 Å². The van der Waals surface area contributed by atoms with Crippen LogP contribution in [0.2, 0.25) is 0 Å². The zero-order chi connectivity index (χ0) is 19.2. The molecule has 26 heavy (non-hydrogen) atoms. The largest absolute Gasteiger partial charge is 0.493 e. The highest BCUT2D eigenvalue weighted by Gasteiger charge is 2.24. The number of carbonyl (C=O) groups excluding carboxylic acids is 1. The molecule has 0 bridgehead atoms. The molecule has 0 saturated carbocycles. The van der Waals surface area contributed by atoms with Crippen LogP contribution >= 0.6 is 0 Å². The lowest BCUT2D eigenvalue weighted by Gasteiger charge is -2.32. The van der Waals surface area contributed by atoms with Crippen molar-refractivity contribution in [3.8, 4) is 17.6 Å². The standard InChI is InChI=1S/C17H23N3O5S/c1-24-16-8-13(9-18)5-6-15(16)25-12-14-4-3-7-20(11-14)17(21)10-19-26(2,22)23/h5-6,8,14,19H,3-4,7,10-12H2,1-2H3. The van der Waals surface area contributed by atoms with Crippen molar-refractivity contribution in [1.82, 2.24) is 9.62 Å². The van der Waals surface area contributed by atoms with Crippen molar-refractivity contribution in [2.24, 2.45) is 5.92 Å². The number of carbonyl (C=O) groups is 1. The molecule has 142 valence electrons. The van der Waals surface area contributed by atoms with Crippen molar-refractivity contribution < 1.29 is 22.7 Å². The number of hydrogen-bond donors (Lipinski definition) is 1. The second-order valence-corrected chi connectivity index (χ2v) is 8.06. The summed E-state index contributed by atoms with van der Waals surface area (Å²) in [6.07, 6.45) is 2.78. The van der Waals surface area contributed by atoms with E-state index >= 15 is 0 Å². The van der Waals surface area contributed by atoms with Gasteiger partial charge in [-0.25, -0.2) is 13.1 Å². The molecule has 9 heteroatoms. The topological polar surface area (TPSA) is 109 Å². The predicted octanol–water partition coefficient (Wildman–Crippen LogP) is 0.733. The van der Waals surface area contributed by atoms with Crippen molar-refractivity contribution in [3.05, 3.63) is 23.8 Å². The van der Waals surface area contributed by atoms with Gasteiger partial charge in [-0.3, -0.25) is 4.79 Å². The number of piperidine rings is 1. The molecule has 0 aromatic heterocycles. The monoisotopic (exact) mass is 381 g/mol. The minimum Gasteiger partial charge on any atom is -0.493 e. The molecular weight excluding hydrogens is 358 g/mol. The number of sulfonamides is 1. The van der Waals surface area contributed by atoms with Gasteiger partial charge in [-0.1, -0.05) is 0 Å². The van der Waals surface area contributed by atoms with Gasteiger partial charge in [0.15, 0.2) is 11.5 Å². The molecule has 0 spiro atoms. The van der Waals surface area contributed by atoms with Gasteiger partial charge >= 0.3 is 0 Å². The Morgan fingerprint density at radius 1 is 1.42 bits per heavy atom. The number of methoxy groups -OCH3 is 1. The molecule has 1 fully saturated rings. The van der Waals surface area contributed by atoms with E-state index < -0.39 is 10.0 Å². The maximum absolute atomic E-state index is 12.1. The van der Waals surface area contributed by atoms with Crippen LogP contribution in [0.15, 0.2) is 18.2 Å². The number of benzene rings is 1. The molecule has 1 aromatic rings. The number of hydrogen-bond acceptors (Lipinski definition) is 6. The van der Waals surface area contributed by atoms with E-state index in [4.69, 9.17) is 14.7 Å². The first-order valence-corrected chi connectivity index (χ1v) is 10.1. The van der Waals surface area contributed by atoms with Gasteiger partial charge in [-0.05, 0) is 25.0 Å². The normalized spacial score (nSPS) is 17.4. The van der Waals surface area contributed by atoms with Crippen molar-refractivity contribution >= 4 is 15.9 Å². The minimum absolute atomic E-state index is 0.145. The summed E-state index contributed by atoms with van der Waals surface area (Å²) in [5.41, 5.74) is 0.488. The number of nitriles is 1. The highest BCUT2D eigenvalue weighted by molar-refractivity contribution is 7.88. The molecule has 8 nitrogen and oxygen atoms in total. The Hall–Kier alpha value is -2.31. The lowest BCUT2D eigenvalue weighted by atomic mass is 9.99. The molecule has 1 saturated heterocycles. The first-order chi connectivity index (χ1) is 12.3. The Morgan fingerprint density at radius 3 is 2.85 bits per heavy atom. The number of nitrogens with zero attached hydrogens (tertiary/aromatic N) is 2. The molecule has 1 amide bonds. The van der Waals surface area contributed by atoms with E-state index in [1.165, 1.54) is 7.11 Å². The van der Waals surface area contributed by atoms with Gasteiger partial charge in [0.1, 0.15) is 0 Å². The van der Waals surface area contributed by atoms with Gasteiger partial charge in [-0.15, -0.1) is 0 Å². The summed E-state index contributed by atoms with van der Waals surface area (Å²) < 4.78 is 35.5. The van der Waals surface area contributed by atoms with E-state index in [9.17, 15) is 13.2 Å². The predicted molar refractivity (Wildman–Crippen MR) is 95.4 cm³/mol. The van der Waals surface area contributed by atoms with Crippen LogP contribution in [0.5, 0.6) is 11.5 Å². The highest BCUT2D eigenvalue weighted by atomic mass is 32.2. The molecule has 1 N–H and O–H groups in total. The number of nitrogens with one attached hydrogen (secondary N) is 1. The molecular formula is C17H23N3O5S. The number of amides is 1. The van der Waals surface area contributed by atoms with Crippen molar-refractivity contribution in [3.63, 3.8) is 0 Å². The van der Waals surface area contributed by atoms with Crippen LogP contribution in [0.4, 0.5) is 0 Å². The molecule has 0 radical (unpaired) electrons. The van der Waals surface area contributed by atoms with Crippen LogP contribution in [-0.4, -0.2) is 58.8 Å². The third-order valence-corrected chi connectivity index (χ3v) is 4.79. The number of likely N-dealkylation sites (tertiary alicyclic amines) is 1. The summed E-state index contributed by atoms with van der Waals surface area (Å²) in [5.74, 6) is 0.946. The van der Waals surface area contributed by atoms with Crippen LogP contribution in [0, 0.1) is 17.2 Å². The van der Waals surface area contributed by atoms with Crippen LogP contribution in [0.1, 0.15) is 18.4 Å². The summed E-state index contributed by atoms with van der Waals surface area (Å²) in [6, 6.07) is 7.01. The average Bonchev–Trinajstić information content (AvgIpc) is 2.63. The Bertz CT molecular complexity index is 788. The second kappa shape index (κ2) is 8.87. The molecule has 1 aliphatic heterocycles. The average molecular weight is 381 g/mol. The third-order valence-electron chi connectivity index (χ3n) is 4.12. The highest BCUT2D eigenvalue weighted by Crippen LogP contribution is 2.29. The lowest BCUT2D eigenvalue weighted by molar-refractivity contribution is -0.131. The smallest absolute Gasteiger partial charge is 0.237 e. The molecule has 1 atom stereocenters. The van der Waals surface area contributed by atoms with Crippen LogP contribution < -0.4 is 14.2 Å². The first-order valence-electron chi connectivity index (χ1n) is 8.25. The summed E-state index contributed by atoms with van der Waals surface area (Å²) >= 11 is 0. The Morgan fingerprint density at radius 2 is 2.19 bits per heavy atom. The number of ether oxygens (including phenoxy) is 2. The van der Waals surface area contributed by atoms with Gasteiger partial charge < -0.3 is 14.4 Å². The maximum Gasteiger partial charge on any atom is 0.237 e. The Kier molecular flexibility index (Phi) is 6.83. The van der Waals surface area contributed by atoms with Crippen LogP contribution in [-0.2, 0) is 14.8 Å². The fourth-order valence-corrected chi connectivity index (χ4v) is 3.18. The zero-order valence-electron chi connectivity index (χ0n) is 14.9. The van der Waals surface area contributed by atoms with Crippen LogP contribution in [0.3, 0.4) is 0 Å². The zero-order valence-corrected chi connectivity index (χ0v) is 15.7. The maximum atomic E-state index is 12.1. The lowest BCUT2D eigenvalue weighted by Crippen LogP contribution is -2.45. The fraction of sp³-hybridized carbons (Fsp3) is 0.529. The molecule has 1 aromatic carbocycles. The van der Waals surface area contributed by atoms with Crippen LogP contribution in [0.25, 0.3) is 0 Å². The van der Waals surface area contributed by atoms with E-state index in [0.717, 1.165) is 19.1 Å². The number of rotatable bonds is 7. The Labute approximate surface area is 153 Å². The van der Waals surface area contributed by atoms with E-state index in [-0.39, 0.29) is 18.4 Å². The molecule has 1 unspecified atom stereocenters. The molecule has 1 heterocycles. The molecule has 2 rings (SSSR count). The summed E-state index contributed by atoms with van der Waals surface area (Å²) in [7, 11) is -1.88. The quantitative estimate of drug-likeness (QED) is 0.746. The summed E-state index contributed by atoms with van der Waals surface area (Å²) in [5, 5.41) is 8.93. The first kappa shape index (κ1) is 20.0. The van der Waals surface area contributed by atoms with Gasteiger partial charge in [-0.2, -0.15) is 5.26 Å². The van der Waals surface area contributed by atoms with Gasteiger partial charge in [0.25, 0.3) is 0 Å². The third kappa shape index (κ3) is 5.89. The SMILES string of the molecule is COc1cc(C#N)ccc1OCC1CCCN(C(=O)CNS(C)(=O)=O)C1. The van der Waals surface area contributed by atoms with Gasteiger partial charge in [0.05, 0.1) is 38.1 Å². The fourth-order valence-electron chi connectivity index (χ4n) is 2.80. The summed E-state index contributed by atoms with van der Waals surface area (Å²) in [4.78, 5) is 13.8. The molecule has 1 aliphatic rings. The minimum atomic E-state index is -3.39. The molecule has 0 aliphatic carbocycles. The second-order valence-electron chi connectivity index (χ2n) is 6.23. The van der Waals surface area contributed by atoms with E-state index in [1.54, 1.807) is 23.1 Å². The van der Waals surface area contributed by atoms with E-state index in [1.807, 2.05) is 6.07 Å². The van der Waals surface area contributed by atoms with Crippen molar-refractivity contribution in [2.45, 2.75) is 12.8 Å².